The van der Waals surface area contributed by atoms with Crippen LogP contribution >= 0.6 is 0 Å². The molecule has 41 heavy (non-hydrogen) atoms. The molecule has 3 aromatic heterocycles. The molecule has 1 amide bonds. The van der Waals surface area contributed by atoms with E-state index in [0.29, 0.717) is 12.5 Å². The van der Waals surface area contributed by atoms with Gasteiger partial charge in [-0.3, -0.25) is 14.5 Å². The van der Waals surface area contributed by atoms with Crippen LogP contribution in [0.25, 0.3) is 11.1 Å². The number of hydrogen-bond acceptors (Lipinski definition) is 9. The lowest BCUT2D eigenvalue weighted by Crippen LogP contribution is -2.27. The van der Waals surface area contributed by atoms with E-state index in [0.717, 1.165) is 103 Å². The molecule has 6 heterocycles. The normalized spacial score (nSPS) is 16.5. The second-order valence-electron chi connectivity index (χ2n) is 10.4. The number of piperidine rings is 1. The lowest BCUT2D eigenvalue weighted by atomic mass is 9.93. The highest BCUT2D eigenvalue weighted by molar-refractivity contribution is 5.94. The predicted octanol–water partition coefficient (Wildman–Crippen LogP) is 3.87. The number of pyridine rings is 2. The van der Waals surface area contributed by atoms with Crippen LogP contribution in [0.2, 0.25) is 0 Å². The van der Waals surface area contributed by atoms with Crippen LogP contribution in [0, 0.1) is 6.92 Å². The minimum Gasteiger partial charge on any atom is -0.485 e. The summed E-state index contributed by atoms with van der Waals surface area (Å²) < 4.78 is 12.4. The van der Waals surface area contributed by atoms with Crippen molar-refractivity contribution < 1.29 is 20.5 Å². The molecule has 3 aliphatic heterocycles. The van der Waals surface area contributed by atoms with Gasteiger partial charge in [0.25, 0.3) is 0 Å². The van der Waals surface area contributed by atoms with E-state index in [1.165, 1.54) is 13.2 Å². The third-order valence-corrected chi connectivity index (χ3v) is 7.59. The van der Waals surface area contributed by atoms with Crippen LogP contribution in [0.5, 0.6) is 5.75 Å². The van der Waals surface area contributed by atoms with E-state index < -0.39 is 5.97 Å². The molecule has 3 aromatic rings. The van der Waals surface area contributed by atoms with E-state index in [9.17, 15) is 9.59 Å². The van der Waals surface area contributed by atoms with Gasteiger partial charge in [0, 0.05) is 68.8 Å². The number of nitrogens with one attached hydrogen (secondary N) is 2. The molecule has 0 saturated carbocycles. The van der Waals surface area contributed by atoms with Crippen molar-refractivity contribution in [1.29, 1.82) is 0 Å². The number of nitrogens with zero attached hydrogens (tertiary/aromatic N) is 5. The van der Waals surface area contributed by atoms with E-state index in [2.05, 4.69) is 31.5 Å². The number of carbonyl (C=O) groups is 2. The van der Waals surface area contributed by atoms with Crippen molar-refractivity contribution in [2.45, 2.75) is 45.1 Å². The standard InChI is InChI=1S/C21H24N6O.C9H13NO3.H2/c1-13-20-19(9-18(25-13)14-3-6-22-7-4-14)26-21-17(12-28-20)16(5-8-23-21)15-10-24-27(2)11-15;1-13-9(12)5-4-8(11)10-6-2-3-7-10;/h5,8-11,14,22H,3-4,6-7,12H2,1-2H3,(H,23,26);4-5H,2-3,6-7H2,1H3;1H/b;5-4+;. The molecule has 0 aromatic carbocycles. The summed E-state index contributed by atoms with van der Waals surface area (Å²) in [7, 11) is 3.21. The largest absolute Gasteiger partial charge is 0.485 e. The van der Waals surface area contributed by atoms with Crippen LogP contribution in [0.4, 0.5) is 11.5 Å². The number of aryl methyl sites for hydroxylation is 2. The molecule has 0 aliphatic carbocycles. The summed E-state index contributed by atoms with van der Waals surface area (Å²) in [6.07, 6.45) is 12.5. The Kier molecular flexibility index (Phi) is 8.93. The van der Waals surface area contributed by atoms with Gasteiger partial charge in [-0.2, -0.15) is 5.10 Å². The van der Waals surface area contributed by atoms with E-state index in [4.69, 9.17) is 9.72 Å². The van der Waals surface area contributed by atoms with Crippen LogP contribution in [0.3, 0.4) is 0 Å². The van der Waals surface area contributed by atoms with Crippen LogP contribution in [-0.2, 0) is 28.0 Å². The van der Waals surface area contributed by atoms with Crippen LogP contribution in [0.15, 0.2) is 42.9 Å². The van der Waals surface area contributed by atoms with Crippen molar-refractivity contribution in [3.05, 3.63) is 59.8 Å². The topological polar surface area (TPSA) is 124 Å². The molecule has 11 nitrogen and oxygen atoms in total. The first-order valence-electron chi connectivity index (χ1n) is 14.1. The number of hydrogen-bond donors (Lipinski definition) is 2. The van der Waals surface area contributed by atoms with E-state index >= 15 is 0 Å². The van der Waals surface area contributed by atoms with E-state index in [1.807, 2.05) is 38.6 Å². The Bertz CT molecular complexity index is 1430. The average molecular weight is 562 g/mol. The first-order chi connectivity index (χ1) is 19.9. The van der Waals surface area contributed by atoms with Gasteiger partial charge in [0.2, 0.25) is 5.91 Å². The van der Waals surface area contributed by atoms with Crippen LogP contribution in [-0.4, -0.2) is 69.8 Å². The summed E-state index contributed by atoms with van der Waals surface area (Å²) >= 11 is 0. The molecule has 2 N–H and O–H groups in total. The zero-order chi connectivity index (χ0) is 28.8. The van der Waals surface area contributed by atoms with Gasteiger partial charge in [0.1, 0.15) is 12.4 Å². The minimum atomic E-state index is -0.493. The molecule has 0 radical (unpaired) electrons. The number of anilines is 2. The maximum absolute atomic E-state index is 11.3. The fourth-order valence-corrected chi connectivity index (χ4v) is 5.39. The highest BCUT2D eigenvalue weighted by atomic mass is 16.5. The molecule has 0 unspecified atom stereocenters. The van der Waals surface area contributed by atoms with Crippen molar-refractivity contribution in [2.24, 2.45) is 7.05 Å². The molecular weight excluding hydrogens is 522 g/mol. The Hall–Kier alpha value is -4.25. The first kappa shape index (κ1) is 28.3. The third kappa shape index (κ3) is 6.74. The second-order valence-corrected chi connectivity index (χ2v) is 10.4. The maximum Gasteiger partial charge on any atom is 0.330 e. The van der Waals surface area contributed by atoms with Gasteiger partial charge in [0.15, 0.2) is 5.75 Å². The van der Waals surface area contributed by atoms with Crippen molar-refractivity contribution in [2.75, 3.05) is 38.6 Å². The molecule has 6 rings (SSSR count). The molecule has 218 valence electrons. The van der Waals surface area contributed by atoms with Gasteiger partial charge in [0.05, 0.1) is 24.7 Å². The third-order valence-electron chi connectivity index (χ3n) is 7.59. The summed E-state index contributed by atoms with van der Waals surface area (Å²) in [4.78, 5) is 33.1. The van der Waals surface area contributed by atoms with Gasteiger partial charge in [-0.15, -0.1) is 0 Å². The Morgan fingerprint density at radius 1 is 1.20 bits per heavy atom. The monoisotopic (exact) mass is 561 g/mol. The Morgan fingerprint density at radius 2 is 1.98 bits per heavy atom. The van der Waals surface area contributed by atoms with Gasteiger partial charge >= 0.3 is 5.97 Å². The zero-order valence-electron chi connectivity index (χ0n) is 23.9. The van der Waals surface area contributed by atoms with Crippen molar-refractivity contribution in [3.8, 4) is 16.9 Å². The smallest absolute Gasteiger partial charge is 0.330 e. The number of likely N-dealkylation sites (tertiary alicyclic amines) is 1. The molecule has 0 atom stereocenters. The number of esters is 1. The number of rotatable bonds is 4. The highest BCUT2D eigenvalue weighted by Crippen LogP contribution is 2.40. The molecule has 0 bridgehead atoms. The second kappa shape index (κ2) is 12.9. The summed E-state index contributed by atoms with van der Waals surface area (Å²) in [6, 6.07) is 4.16. The first-order valence-corrected chi connectivity index (χ1v) is 14.1. The minimum absolute atomic E-state index is 0. The lowest BCUT2D eigenvalue weighted by Gasteiger charge is -2.23. The zero-order valence-corrected chi connectivity index (χ0v) is 23.9. The summed E-state index contributed by atoms with van der Waals surface area (Å²) in [5.41, 5.74) is 6.20. The van der Waals surface area contributed by atoms with Gasteiger partial charge < -0.3 is 25.0 Å². The number of ether oxygens (including phenoxy) is 2. The number of methoxy groups -OCH3 is 1. The van der Waals surface area contributed by atoms with Gasteiger partial charge in [-0.25, -0.2) is 9.78 Å². The number of amides is 1. The molecule has 0 spiro atoms. The highest BCUT2D eigenvalue weighted by Gasteiger charge is 2.24. The molecule has 2 saturated heterocycles. The molecule has 11 heteroatoms. The summed E-state index contributed by atoms with van der Waals surface area (Å²) in [6.45, 7) is 6.16. The molecular formula is C30H39N7O4. The van der Waals surface area contributed by atoms with Crippen LogP contribution < -0.4 is 15.4 Å². The van der Waals surface area contributed by atoms with Crippen molar-refractivity contribution in [1.82, 2.24) is 30.0 Å². The van der Waals surface area contributed by atoms with Crippen molar-refractivity contribution in [3.63, 3.8) is 0 Å². The predicted molar refractivity (Wildman–Crippen MR) is 157 cm³/mol. The Balaban J connectivity index is 0.000000246. The number of carbonyl (C=O) groups excluding carboxylic acids is 2. The summed E-state index contributed by atoms with van der Waals surface area (Å²) in [5.74, 6) is 1.54. The van der Waals surface area contributed by atoms with Gasteiger partial charge in [-0.1, -0.05) is 0 Å². The van der Waals surface area contributed by atoms with E-state index in [1.54, 1.807) is 9.58 Å². The fourth-order valence-electron chi connectivity index (χ4n) is 5.39. The maximum atomic E-state index is 11.3. The fraction of sp³-hybridized carbons (Fsp3) is 0.433. The number of fused-ring (bicyclic) bond motifs is 2. The SMILES string of the molecule is COC(=O)/C=C/C(=O)N1CCCC1.Cc1nc(C2CCNCC2)cc2c1OCc1c(-c3cnn(C)c3)ccnc1N2.[HH]. The molecule has 3 aliphatic rings. The Morgan fingerprint density at radius 3 is 2.68 bits per heavy atom. The van der Waals surface area contributed by atoms with E-state index in [-0.39, 0.29) is 7.33 Å². The van der Waals surface area contributed by atoms with Gasteiger partial charge in [-0.05, 0) is 63.4 Å². The lowest BCUT2D eigenvalue weighted by molar-refractivity contribution is -0.135. The quantitative estimate of drug-likeness (QED) is 0.361. The average Bonchev–Trinajstić information content (AvgIpc) is 3.65. The summed E-state index contributed by atoms with van der Waals surface area (Å²) in [5, 5.41) is 11.2. The van der Waals surface area contributed by atoms with Crippen molar-refractivity contribution >= 4 is 23.4 Å². The molecule has 2 fully saturated rings. The Labute approximate surface area is 241 Å². The van der Waals surface area contributed by atoms with Crippen LogP contribution in [0.1, 0.15) is 50.0 Å². The number of aromatic nitrogens is 4.